The molecular weight excluding hydrogens is 584 g/mol. The van der Waals surface area contributed by atoms with Crippen molar-refractivity contribution in [3.05, 3.63) is 75.8 Å². The number of pyridine rings is 1. The minimum atomic E-state index is -0.760. The number of nitrogens with two attached hydrogens (primary N) is 1. The molecule has 3 heterocycles. The number of carbonyl (C=O) groups excluding carboxylic acids is 2. The second-order valence-electron chi connectivity index (χ2n) is 10.3. The Morgan fingerprint density at radius 1 is 1.12 bits per heavy atom. The van der Waals surface area contributed by atoms with E-state index in [9.17, 15) is 14.0 Å². The number of halogens is 3. The number of anilines is 1. The topological polar surface area (TPSA) is 105 Å². The third-order valence-corrected chi connectivity index (χ3v) is 8.06. The number of carbonyl (C=O) groups is 2. The van der Waals surface area contributed by atoms with Gasteiger partial charge in [0, 0.05) is 68.2 Å². The predicted molar refractivity (Wildman–Crippen MR) is 160 cm³/mol. The molecule has 1 aliphatic rings. The van der Waals surface area contributed by atoms with Gasteiger partial charge in [0.2, 0.25) is 11.7 Å². The minimum absolute atomic E-state index is 0.0450. The Balaban J connectivity index is 1.32. The van der Waals surface area contributed by atoms with Gasteiger partial charge in [-0.1, -0.05) is 35.3 Å². The molecule has 5 rings (SSSR count). The van der Waals surface area contributed by atoms with E-state index in [1.165, 1.54) is 12.1 Å². The van der Waals surface area contributed by atoms with E-state index >= 15 is 0 Å². The zero-order valence-electron chi connectivity index (χ0n) is 23.4. The summed E-state index contributed by atoms with van der Waals surface area (Å²) in [4.78, 5) is 34.8. The van der Waals surface area contributed by atoms with Gasteiger partial charge >= 0.3 is 0 Å². The first-order chi connectivity index (χ1) is 20.0. The summed E-state index contributed by atoms with van der Waals surface area (Å²) in [5, 5.41) is 0.763. The summed E-state index contributed by atoms with van der Waals surface area (Å²) in [6.07, 6.45) is 2.39. The second-order valence-corrected chi connectivity index (χ2v) is 11.1. The van der Waals surface area contributed by atoms with Gasteiger partial charge in [-0.05, 0) is 36.8 Å². The molecule has 42 heavy (non-hydrogen) atoms. The van der Waals surface area contributed by atoms with Gasteiger partial charge in [0.25, 0.3) is 5.91 Å². The van der Waals surface area contributed by atoms with Crippen molar-refractivity contribution in [2.75, 3.05) is 52.6 Å². The molecule has 0 saturated carbocycles. The second kappa shape index (κ2) is 12.2. The average molecular weight is 615 g/mol. The Hall–Kier alpha value is -3.86. The summed E-state index contributed by atoms with van der Waals surface area (Å²) >= 11 is 12.4. The summed E-state index contributed by atoms with van der Waals surface area (Å²) in [5.41, 5.74) is 8.88. The van der Waals surface area contributed by atoms with Crippen molar-refractivity contribution in [2.45, 2.75) is 13.0 Å². The molecule has 1 unspecified atom stereocenters. The molecule has 2 aromatic carbocycles. The first-order valence-corrected chi connectivity index (χ1v) is 14.1. The summed E-state index contributed by atoms with van der Waals surface area (Å²) in [6, 6.07) is 9.83. The largest absolute Gasteiger partial charge is 0.478 e. The molecule has 1 saturated heterocycles. The number of fused-ring (bicyclic) bond motifs is 1. The lowest BCUT2D eigenvalue weighted by molar-refractivity contribution is -0.130. The summed E-state index contributed by atoms with van der Waals surface area (Å²) < 4.78 is 26.1. The lowest BCUT2D eigenvalue weighted by Crippen LogP contribution is -2.51. The zero-order valence-corrected chi connectivity index (χ0v) is 24.9. The highest BCUT2D eigenvalue weighted by atomic mass is 35.5. The van der Waals surface area contributed by atoms with Crippen LogP contribution in [0.15, 0.2) is 53.3 Å². The fraction of sp³-hybridized carbons (Fsp3) is 0.300. The minimum Gasteiger partial charge on any atom is -0.478 e. The molecule has 2 aromatic heterocycles. The molecule has 12 heteroatoms. The van der Waals surface area contributed by atoms with E-state index in [0.29, 0.717) is 49.3 Å². The third kappa shape index (κ3) is 5.88. The van der Waals surface area contributed by atoms with E-state index in [-0.39, 0.29) is 39.0 Å². The quantitative estimate of drug-likeness (QED) is 0.274. The van der Waals surface area contributed by atoms with Crippen molar-refractivity contribution in [1.29, 1.82) is 0 Å². The van der Waals surface area contributed by atoms with Crippen LogP contribution in [0.1, 0.15) is 28.9 Å². The lowest BCUT2D eigenvalue weighted by atomic mass is 10.0. The maximum atomic E-state index is 14.1. The Labute approximate surface area is 252 Å². The van der Waals surface area contributed by atoms with Crippen LogP contribution in [0, 0.1) is 5.82 Å². The van der Waals surface area contributed by atoms with E-state index in [1.807, 2.05) is 12.1 Å². The molecule has 2 N–H and O–H groups in total. The third-order valence-electron chi connectivity index (χ3n) is 7.34. The van der Waals surface area contributed by atoms with Crippen molar-refractivity contribution < 1.29 is 23.1 Å². The summed E-state index contributed by atoms with van der Waals surface area (Å²) in [5.74, 6) is -0.363. The molecule has 1 aliphatic heterocycles. The van der Waals surface area contributed by atoms with Crippen LogP contribution in [0.25, 0.3) is 22.1 Å². The maximum absolute atomic E-state index is 14.1. The first-order valence-electron chi connectivity index (χ1n) is 13.3. The number of benzene rings is 2. The van der Waals surface area contributed by atoms with Crippen LogP contribution in [-0.2, 0) is 4.79 Å². The van der Waals surface area contributed by atoms with Crippen molar-refractivity contribution in [2.24, 2.45) is 0 Å². The molecule has 9 nitrogen and oxygen atoms in total. The lowest BCUT2D eigenvalue weighted by Gasteiger charge is -2.34. The van der Waals surface area contributed by atoms with Crippen LogP contribution in [0.5, 0.6) is 5.75 Å². The van der Waals surface area contributed by atoms with Gasteiger partial charge in [-0.2, -0.15) is 0 Å². The number of likely N-dealkylation sites (N-methyl/N-ethyl adjacent to an activating group) is 1. The normalized spacial score (nSPS) is 14.7. The number of piperazine rings is 1. The highest BCUT2D eigenvalue weighted by molar-refractivity contribution is 6.36. The van der Waals surface area contributed by atoms with E-state index in [0.717, 1.165) is 11.1 Å². The van der Waals surface area contributed by atoms with E-state index in [2.05, 4.69) is 9.88 Å². The molecule has 0 spiro atoms. The Morgan fingerprint density at radius 3 is 2.48 bits per heavy atom. The summed E-state index contributed by atoms with van der Waals surface area (Å²) in [6.45, 7) is 4.40. The van der Waals surface area contributed by atoms with Crippen LogP contribution >= 0.6 is 23.2 Å². The van der Waals surface area contributed by atoms with Gasteiger partial charge in [-0.3, -0.25) is 14.5 Å². The Kier molecular flexibility index (Phi) is 8.58. The monoisotopic (exact) mass is 613 g/mol. The molecule has 2 amide bonds. The van der Waals surface area contributed by atoms with Crippen LogP contribution in [0.2, 0.25) is 10.0 Å². The molecule has 220 valence electrons. The molecule has 1 atom stereocenters. The van der Waals surface area contributed by atoms with Crippen molar-refractivity contribution in [3.63, 3.8) is 0 Å². The van der Waals surface area contributed by atoms with Crippen molar-refractivity contribution in [1.82, 2.24) is 19.7 Å². The van der Waals surface area contributed by atoms with E-state index < -0.39 is 11.9 Å². The fourth-order valence-electron chi connectivity index (χ4n) is 4.89. The molecule has 0 bridgehead atoms. The van der Waals surface area contributed by atoms with Gasteiger partial charge in [0.15, 0.2) is 11.4 Å². The highest BCUT2D eigenvalue weighted by Crippen LogP contribution is 2.41. The number of ether oxygens (including phenoxy) is 1. The van der Waals surface area contributed by atoms with Crippen LogP contribution in [-0.4, -0.2) is 78.3 Å². The van der Waals surface area contributed by atoms with Crippen LogP contribution in [0.4, 0.5) is 10.2 Å². The Morgan fingerprint density at radius 2 is 1.81 bits per heavy atom. The number of rotatable bonds is 7. The predicted octanol–water partition coefficient (Wildman–Crippen LogP) is 5.51. The molecule has 0 aliphatic carbocycles. The van der Waals surface area contributed by atoms with Crippen LogP contribution in [0.3, 0.4) is 0 Å². The van der Waals surface area contributed by atoms with Gasteiger partial charge in [-0.25, -0.2) is 9.37 Å². The Bertz CT molecular complexity index is 1640. The van der Waals surface area contributed by atoms with Gasteiger partial charge < -0.3 is 24.7 Å². The number of amides is 2. The van der Waals surface area contributed by atoms with Crippen LogP contribution < -0.4 is 10.5 Å². The van der Waals surface area contributed by atoms with E-state index in [1.54, 1.807) is 55.4 Å². The van der Waals surface area contributed by atoms with Gasteiger partial charge in [0.05, 0.1) is 23.2 Å². The number of hydrogen-bond donors (Lipinski definition) is 1. The molecule has 0 radical (unpaired) electrons. The maximum Gasteiger partial charge on any atom is 0.253 e. The first kappa shape index (κ1) is 29.6. The number of hydrogen-bond acceptors (Lipinski definition) is 7. The number of furan rings is 1. The number of nitrogens with zero attached hydrogens (tertiary/aromatic N) is 4. The SMILES string of the molecule is CC(Oc1c(N)ncc2c(-c3ccc(C(=O)N4CCN(CC(=O)N(C)C)CC4)cc3)coc12)c1c(Cl)ccc(F)c1Cl. The van der Waals surface area contributed by atoms with Crippen molar-refractivity contribution >= 4 is 51.8 Å². The van der Waals surface area contributed by atoms with E-state index in [4.69, 9.17) is 38.1 Å². The fourth-order valence-corrected chi connectivity index (χ4v) is 5.56. The highest BCUT2D eigenvalue weighted by Gasteiger charge is 2.25. The standard InChI is InChI=1S/C30H30Cl2FN5O4/c1-17(25-22(31)8-9-23(33)26(25)32)42-28-27-20(14-35-29(28)34)21(16-41-27)18-4-6-19(7-5-18)30(40)38-12-10-37(11-13-38)15-24(39)36(2)3/h4-9,14,16-17H,10-13,15H2,1-3H3,(H2,34,35). The summed E-state index contributed by atoms with van der Waals surface area (Å²) in [7, 11) is 3.47. The average Bonchev–Trinajstić information content (AvgIpc) is 3.41. The van der Waals surface area contributed by atoms with Crippen molar-refractivity contribution in [3.8, 4) is 16.9 Å². The molecule has 4 aromatic rings. The number of nitrogen functional groups attached to an aromatic ring is 1. The molecular formula is C30H30Cl2FN5O4. The molecule has 1 fully saturated rings. The number of aromatic nitrogens is 1. The van der Waals surface area contributed by atoms with Gasteiger partial charge in [0.1, 0.15) is 11.9 Å². The zero-order chi connectivity index (χ0) is 30.1. The smallest absolute Gasteiger partial charge is 0.253 e. The van der Waals surface area contributed by atoms with Gasteiger partial charge in [-0.15, -0.1) is 0 Å².